The monoisotopic (exact) mass is 196 g/mol. The number of aliphatic hydroxyl groups excluding tert-OH is 2. The van der Waals surface area contributed by atoms with Crippen molar-refractivity contribution in [1.82, 2.24) is 0 Å². The second-order valence-electron chi connectivity index (χ2n) is 3.29. The average molecular weight is 196 g/mol. The topological polar surface area (TPSA) is 49.7 Å². The molecule has 0 saturated carbocycles. The molecule has 0 aliphatic heterocycles. The highest BCUT2D eigenvalue weighted by molar-refractivity contribution is 5.26. The second-order valence-corrected chi connectivity index (χ2v) is 3.29. The van der Waals surface area contributed by atoms with Gasteiger partial charge in [-0.1, -0.05) is 12.1 Å². The number of benzene rings is 1. The fourth-order valence-corrected chi connectivity index (χ4v) is 1.04. The van der Waals surface area contributed by atoms with Gasteiger partial charge in [0, 0.05) is 6.42 Å². The largest absolute Gasteiger partial charge is 0.493 e. The Morgan fingerprint density at radius 2 is 1.93 bits per heavy atom. The number of aliphatic hydroxyl groups is 2. The van der Waals surface area contributed by atoms with Crippen LogP contribution >= 0.6 is 0 Å². The van der Waals surface area contributed by atoms with Crippen LogP contribution in [0, 0.1) is 0 Å². The molecule has 2 N–H and O–H groups in total. The second kappa shape index (κ2) is 5.62. The van der Waals surface area contributed by atoms with Crippen LogP contribution in [0.15, 0.2) is 24.3 Å². The van der Waals surface area contributed by atoms with Crippen molar-refractivity contribution in [3.8, 4) is 5.75 Å². The Morgan fingerprint density at radius 3 is 2.43 bits per heavy atom. The molecule has 0 heterocycles. The molecule has 1 atom stereocenters. The predicted octanol–water partition coefficient (Wildman–Crippen LogP) is 1.33. The van der Waals surface area contributed by atoms with Crippen LogP contribution in [0.25, 0.3) is 0 Å². The van der Waals surface area contributed by atoms with E-state index in [1.165, 1.54) is 0 Å². The smallest absolute Gasteiger partial charge is 0.119 e. The molecule has 0 bridgehead atoms. The van der Waals surface area contributed by atoms with Crippen molar-refractivity contribution in [2.75, 3.05) is 6.61 Å². The SMILES string of the molecule is CC(O)CCOc1ccc(CO)cc1. The Bertz CT molecular complexity index is 254. The maximum absolute atomic E-state index is 9.00. The highest BCUT2D eigenvalue weighted by Crippen LogP contribution is 2.12. The van der Waals surface area contributed by atoms with E-state index in [-0.39, 0.29) is 12.7 Å². The lowest BCUT2D eigenvalue weighted by Gasteiger charge is -2.07. The first-order valence-corrected chi connectivity index (χ1v) is 4.73. The van der Waals surface area contributed by atoms with E-state index in [0.29, 0.717) is 13.0 Å². The molecule has 0 aliphatic rings. The van der Waals surface area contributed by atoms with Gasteiger partial charge in [0.25, 0.3) is 0 Å². The lowest BCUT2D eigenvalue weighted by atomic mass is 10.2. The van der Waals surface area contributed by atoms with Gasteiger partial charge in [0.1, 0.15) is 5.75 Å². The van der Waals surface area contributed by atoms with E-state index in [4.69, 9.17) is 14.9 Å². The molecule has 1 rings (SSSR count). The van der Waals surface area contributed by atoms with Crippen molar-refractivity contribution in [1.29, 1.82) is 0 Å². The van der Waals surface area contributed by atoms with E-state index >= 15 is 0 Å². The number of hydrogen-bond donors (Lipinski definition) is 2. The molecular formula is C11H16O3. The highest BCUT2D eigenvalue weighted by atomic mass is 16.5. The molecule has 0 aromatic heterocycles. The molecule has 1 aromatic rings. The van der Waals surface area contributed by atoms with Crippen molar-refractivity contribution in [2.24, 2.45) is 0 Å². The number of ether oxygens (including phenoxy) is 1. The lowest BCUT2D eigenvalue weighted by Crippen LogP contribution is -2.07. The first-order chi connectivity index (χ1) is 6.72. The van der Waals surface area contributed by atoms with Crippen LogP contribution in [0.5, 0.6) is 5.75 Å². The summed E-state index contributed by atoms with van der Waals surface area (Å²) in [6, 6.07) is 7.26. The zero-order valence-corrected chi connectivity index (χ0v) is 8.31. The minimum atomic E-state index is -0.327. The summed E-state index contributed by atoms with van der Waals surface area (Å²) >= 11 is 0. The molecule has 0 spiro atoms. The molecule has 3 heteroatoms. The quantitative estimate of drug-likeness (QED) is 0.747. The summed E-state index contributed by atoms with van der Waals surface area (Å²) < 4.78 is 5.37. The summed E-state index contributed by atoms with van der Waals surface area (Å²) in [6.07, 6.45) is 0.300. The van der Waals surface area contributed by atoms with Gasteiger partial charge < -0.3 is 14.9 Å². The first kappa shape index (κ1) is 11.0. The molecule has 0 amide bonds. The summed E-state index contributed by atoms with van der Waals surface area (Å²) in [4.78, 5) is 0. The standard InChI is InChI=1S/C11H16O3/c1-9(13)6-7-14-11-4-2-10(8-12)3-5-11/h2-5,9,12-13H,6-8H2,1H3. The molecule has 0 fully saturated rings. The number of hydrogen-bond acceptors (Lipinski definition) is 3. The molecule has 1 unspecified atom stereocenters. The maximum atomic E-state index is 9.00. The molecule has 14 heavy (non-hydrogen) atoms. The van der Waals surface area contributed by atoms with Gasteiger partial charge in [-0.2, -0.15) is 0 Å². The third-order valence-electron chi connectivity index (χ3n) is 1.91. The Hall–Kier alpha value is -1.06. The maximum Gasteiger partial charge on any atom is 0.119 e. The van der Waals surface area contributed by atoms with E-state index in [1.807, 2.05) is 24.3 Å². The van der Waals surface area contributed by atoms with Gasteiger partial charge in [-0.25, -0.2) is 0 Å². The fraction of sp³-hybridized carbons (Fsp3) is 0.455. The normalized spacial score (nSPS) is 12.5. The van der Waals surface area contributed by atoms with Crippen LogP contribution in [0.1, 0.15) is 18.9 Å². The predicted molar refractivity (Wildman–Crippen MR) is 54.2 cm³/mol. The van der Waals surface area contributed by atoms with Crippen molar-refractivity contribution < 1.29 is 14.9 Å². The zero-order chi connectivity index (χ0) is 10.4. The molecule has 78 valence electrons. The van der Waals surface area contributed by atoms with Gasteiger partial charge in [-0.15, -0.1) is 0 Å². The van der Waals surface area contributed by atoms with Crippen LogP contribution in [0.3, 0.4) is 0 Å². The van der Waals surface area contributed by atoms with Gasteiger partial charge in [0.05, 0.1) is 19.3 Å². The van der Waals surface area contributed by atoms with Gasteiger partial charge >= 0.3 is 0 Å². The average Bonchev–Trinajstić information content (AvgIpc) is 2.18. The first-order valence-electron chi connectivity index (χ1n) is 4.73. The zero-order valence-electron chi connectivity index (χ0n) is 8.31. The molecule has 0 saturated heterocycles. The molecule has 0 aliphatic carbocycles. The summed E-state index contributed by atoms with van der Waals surface area (Å²) in [5, 5.41) is 17.8. The van der Waals surface area contributed by atoms with Crippen LogP contribution in [-0.2, 0) is 6.61 Å². The van der Waals surface area contributed by atoms with Gasteiger partial charge in [0.2, 0.25) is 0 Å². The summed E-state index contributed by atoms with van der Waals surface area (Å²) in [5.74, 6) is 0.767. The molecule has 3 nitrogen and oxygen atoms in total. The summed E-state index contributed by atoms with van der Waals surface area (Å²) in [6.45, 7) is 2.29. The van der Waals surface area contributed by atoms with Crippen molar-refractivity contribution in [3.63, 3.8) is 0 Å². The van der Waals surface area contributed by atoms with Crippen molar-refractivity contribution in [3.05, 3.63) is 29.8 Å². The fourth-order valence-electron chi connectivity index (χ4n) is 1.04. The molecular weight excluding hydrogens is 180 g/mol. The summed E-state index contributed by atoms with van der Waals surface area (Å²) in [5.41, 5.74) is 0.868. The summed E-state index contributed by atoms with van der Waals surface area (Å²) in [7, 11) is 0. The lowest BCUT2D eigenvalue weighted by molar-refractivity contribution is 0.155. The number of rotatable bonds is 5. The van der Waals surface area contributed by atoms with Gasteiger partial charge in [-0.05, 0) is 24.6 Å². The molecule has 1 aromatic carbocycles. The van der Waals surface area contributed by atoms with E-state index < -0.39 is 0 Å². The Labute approximate surface area is 84.0 Å². The third-order valence-corrected chi connectivity index (χ3v) is 1.91. The van der Waals surface area contributed by atoms with Gasteiger partial charge in [-0.3, -0.25) is 0 Å². The Morgan fingerprint density at radius 1 is 1.29 bits per heavy atom. The highest BCUT2D eigenvalue weighted by Gasteiger charge is 1.97. The van der Waals surface area contributed by atoms with E-state index in [2.05, 4.69) is 0 Å². The van der Waals surface area contributed by atoms with E-state index in [1.54, 1.807) is 6.92 Å². The molecule has 0 radical (unpaired) electrons. The van der Waals surface area contributed by atoms with Crippen LogP contribution in [-0.4, -0.2) is 22.9 Å². The van der Waals surface area contributed by atoms with Crippen LogP contribution < -0.4 is 4.74 Å². The van der Waals surface area contributed by atoms with Crippen LogP contribution in [0.4, 0.5) is 0 Å². The van der Waals surface area contributed by atoms with Crippen LogP contribution in [0.2, 0.25) is 0 Å². The van der Waals surface area contributed by atoms with Crippen molar-refractivity contribution in [2.45, 2.75) is 26.1 Å². The van der Waals surface area contributed by atoms with Gasteiger partial charge in [0.15, 0.2) is 0 Å². The Balaban J connectivity index is 2.36. The Kier molecular flexibility index (Phi) is 4.43. The minimum absolute atomic E-state index is 0.0496. The van der Waals surface area contributed by atoms with Crippen molar-refractivity contribution >= 4 is 0 Å². The minimum Gasteiger partial charge on any atom is -0.493 e. The van der Waals surface area contributed by atoms with E-state index in [0.717, 1.165) is 11.3 Å². The third kappa shape index (κ3) is 3.77. The van der Waals surface area contributed by atoms with E-state index in [9.17, 15) is 0 Å².